The maximum atomic E-state index is 13.2. The van der Waals surface area contributed by atoms with Crippen LogP contribution in [-0.4, -0.2) is 67.7 Å². The lowest BCUT2D eigenvalue weighted by atomic mass is 10.1. The van der Waals surface area contributed by atoms with E-state index in [0.717, 1.165) is 0 Å². The number of aryl methyl sites for hydroxylation is 2. The minimum Gasteiger partial charge on any atom is -0.441 e. The predicted octanol–water partition coefficient (Wildman–Crippen LogP) is 1.97. The first-order valence-electron chi connectivity index (χ1n) is 16.6. The molecule has 1 aliphatic rings. The summed E-state index contributed by atoms with van der Waals surface area (Å²) in [6, 6.07) is 6.62. The van der Waals surface area contributed by atoms with Crippen LogP contribution in [0.15, 0.2) is 50.8 Å². The molecule has 6 heterocycles. The standard InChI is InChI=1S/C33H36N12O6/c1-5-35-29(47)20-12-13-22(51-20)45-16-37-23-25(34)39-32(40-26(23)45)41-28(46)17-8-10-18(11-9-17)30-36-15-19(50-30)14-21-38-27-24(42(21)4)31(48)44(7-3)33(49)43(27)6-2/h8-11,15-16,20,22H,5-7,12-14H2,1-4H3,(H,35,47)(H3,34,39,40,41,46)/t20-,22-/m1/s1. The molecule has 2 amide bonds. The van der Waals surface area contributed by atoms with Crippen molar-refractivity contribution in [2.75, 3.05) is 17.6 Å². The number of nitrogen functional groups attached to an aromatic ring is 1. The highest BCUT2D eigenvalue weighted by Crippen LogP contribution is 2.32. The van der Waals surface area contributed by atoms with Gasteiger partial charge in [-0.05, 0) is 57.9 Å². The zero-order chi connectivity index (χ0) is 36.0. The molecule has 1 fully saturated rings. The molecule has 0 aliphatic carbocycles. The van der Waals surface area contributed by atoms with Crippen molar-refractivity contribution >= 4 is 45.9 Å². The number of carbonyl (C=O) groups excluding carboxylic acids is 2. The van der Waals surface area contributed by atoms with Crippen LogP contribution >= 0.6 is 0 Å². The normalized spacial score (nSPS) is 15.9. The topological polar surface area (TPSA) is 225 Å². The Kier molecular flexibility index (Phi) is 8.68. The minimum absolute atomic E-state index is 0.0158. The number of fused-ring (bicyclic) bond motifs is 2. The van der Waals surface area contributed by atoms with E-state index in [-0.39, 0.29) is 36.2 Å². The predicted molar refractivity (Wildman–Crippen MR) is 185 cm³/mol. The van der Waals surface area contributed by atoms with E-state index in [1.165, 1.54) is 15.5 Å². The summed E-state index contributed by atoms with van der Waals surface area (Å²) in [5, 5.41) is 5.46. The lowest BCUT2D eigenvalue weighted by Crippen LogP contribution is -2.39. The third-order valence-electron chi connectivity index (χ3n) is 8.87. The van der Waals surface area contributed by atoms with Crippen molar-refractivity contribution in [1.29, 1.82) is 0 Å². The number of likely N-dealkylation sites (N-methyl/N-ethyl adjacent to an activating group) is 1. The van der Waals surface area contributed by atoms with Crippen molar-refractivity contribution in [3.63, 3.8) is 0 Å². The summed E-state index contributed by atoms with van der Waals surface area (Å²) in [7, 11) is 1.73. The first-order chi connectivity index (χ1) is 24.6. The molecule has 51 heavy (non-hydrogen) atoms. The Hall–Kier alpha value is -6.17. The minimum atomic E-state index is -0.581. The second-order valence-corrected chi connectivity index (χ2v) is 12.0. The highest BCUT2D eigenvalue weighted by atomic mass is 16.5. The van der Waals surface area contributed by atoms with Crippen molar-refractivity contribution in [2.24, 2.45) is 7.05 Å². The van der Waals surface area contributed by atoms with E-state index in [2.05, 4.69) is 35.6 Å². The fourth-order valence-electron chi connectivity index (χ4n) is 6.26. The van der Waals surface area contributed by atoms with E-state index in [4.69, 9.17) is 14.9 Å². The van der Waals surface area contributed by atoms with Crippen LogP contribution in [0, 0.1) is 0 Å². The Balaban J connectivity index is 1.06. The van der Waals surface area contributed by atoms with Gasteiger partial charge in [-0.25, -0.2) is 19.7 Å². The fraction of sp³-hybridized carbons (Fsp3) is 0.364. The molecule has 18 nitrogen and oxygen atoms in total. The summed E-state index contributed by atoms with van der Waals surface area (Å²) in [5.74, 6) is 0.787. The number of rotatable bonds is 10. The van der Waals surface area contributed by atoms with E-state index in [0.29, 0.717) is 76.9 Å². The molecule has 0 unspecified atom stereocenters. The lowest BCUT2D eigenvalue weighted by Gasteiger charge is -2.15. The van der Waals surface area contributed by atoms with Crippen LogP contribution in [0.4, 0.5) is 11.8 Å². The van der Waals surface area contributed by atoms with Gasteiger partial charge in [0.2, 0.25) is 17.7 Å². The first-order valence-corrected chi connectivity index (χ1v) is 16.6. The molecule has 18 heteroatoms. The van der Waals surface area contributed by atoms with Crippen LogP contribution in [0.3, 0.4) is 0 Å². The molecule has 1 aliphatic heterocycles. The van der Waals surface area contributed by atoms with Gasteiger partial charge in [0.05, 0.1) is 18.9 Å². The van der Waals surface area contributed by atoms with Gasteiger partial charge in [0.15, 0.2) is 22.6 Å². The molecule has 4 N–H and O–H groups in total. The fourth-order valence-corrected chi connectivity index (χ4v) is 6.26. The van der Waals surface area contributed by atoms with E-state index in [1.807, 2.05) is 13.8 Å². The van der Waals surface area contributed by atoms with Crippen LogP contribution in [0.25, 0.3) is 33.8 Å². The smallest absolute Gasteiger partial charge is 0.332 e. The van der Waals surface area contributed by atoms with Crippen LogP contribution in [-0.2, 0) is 36.1 Å². The molecule has 1 aromatic carbocycles. The molecular formula is C33H36N12O6. The van der Waals surface area contributed by atoms with Gasteiger partial charge in [-0.2, -0.15) is 9.97 Å². The zero-order valence-electron chi connectivity index (χ0n) is 28.4. The molecule has 0 spiro atoms. The number of benzene rings is 1. The van der Waals surface area contributed by atoms with E-state index >= 15 is 0 Å². The third-order valence-corrected chi connectivity index (χ3v) is 8.87. The first kappa shape index (κ1) is 33.3. The Morgan fingerprint density at radius 2 is 1.75 bits per heavy atom. The van der Waals surface area contributed by atoms with Crippen molar-refractivity contribution in [3.05, 3.63) is 74.8 Å². The highest BCUT2D eigenvalue weighted by Gasteiger charge is 2.33. The highest BCUT2D eigenvalue weighted by molar-refractivity contribution is 6.04. The van der Waals surface area contributed by atoms with Crippen LogP contribution in [0.1, 0.15) is 61.8 Å². The molecule has 6 aromatic rings. The number of amides is 2. The van der Waals surface area contributed by atoms with Gasteiger partial charge in [0, 0.05) is 37.8 Å². The molecule has 0 saturated carbocycles. The average Bonchev–Trinajstić information content (AvgIpc) is 3.93. The molecule has 264 valence electrons. The van der Waals surface area contributed by atoms with Crippen LogP contribution < -0.4 is 27.6 Å². The van der Waals surface area contributed by atoms with Gasteiger partial charge < -0.3 is 24.8 Å². The van der Waals surface area contributed by atoms with Gasteiger partial charge in [0.25, 0.3) is 11.5 Å². The number of nitrogens with two attached hydrogens (primary N) is 1. The molecule has 0 radical (unpaired) electrons. The number of hydrogen-bond donors (Lipinski definition) is 3. The summed E-state index contributed by atoms with van der Waals surface area (Å²) in [5.41, 5.74) is 7.72. The Labute approximate surface area is 289 Å². The third kappa shape index (κ3) is 5.92. The summed E-state index contributed by atoms with van der Waals surface area (Å²) in [6.07, 6.45) is 3.39. The van der Waals surface area contributed by atoms with Crippen molar-refractivity contribution in [2.45, 2.75) is 65.5 Å². The number of oxazole rings is 1. The SMILES string of the molecule is CCNC(=O)[C@H]1CC[C@H](n2cnc3c(N)nc(NC(=O)c4ccc(-c5ncc(Cc6nc7c(c(=O)n(CC)c(=O)n7CC)n6C)o5)cc4)nc32)O1. The number of nitrogens with zero attached hydrogens (tertiary/aromatic N) is 9. The van der Waals surface area contributed by atoms with Gasteiger partial charge in [-0.3, -0.25) is 33.4 Å². The van der Waals surface area contributed by atoms with E-state index in [9.17, 15) is 19.2 Å². The van der Waals surface area contributed by atoms with Crippen LogP contribution in [0.2, 0.25) is 0 Å². The summed E-state index contributed by atoms with van der Waals surface area (Å²) < 4.78 is 18.0. The summed E-state index contributed by atoms with van der Waals surface area (Å²) in [4.78, 5) is 73.4. The van der Waals surface area contributed by atoms with Crippen molar-refractivity contribution < 1.29 is 18.7 Å². The van der Waals surface area contributed by atoms with Crippen LogP contribution in [0.5, 0.6) is 0 Å². The quantitative estimate of drug-likeness (QED) is 0.187. The molecule has 7 rings (SSSR count). The number of ether oxygens (including phenoxy) is 1. The van der Waals surface area contributed by atoms with E-state index < -0.39 is 23.9 Å². The molecule has 1 saturated heterocycles. The molecular weight excluding hydrogens is 660 g/mol. The Morgan fingerprint density at radius 1 is 0.980 bits per heavy atom. The number of hydrogen-bond acceptors (Lipinski definition) is 12. The Bertz CT molecular complexity index is 2420. The number of anilines is 2. The average molecular weight is 697 g/mol. The summed E-state index contributed by atoms with van der Waals surface area (Å²) in [6.45, 7) is 6.56. The van der Waals surface area contributed by atoms with Crippen molar-refractivity contribution in [3.8, 4) is 11.5 Å². The number of imidazole rings is 2. The second-order valence-electron chi connectivity index (χ2n) is 12.0. The molecule has 0 bridgehead atoms. The second kappa shape index (κ2) is 13.3. The van der Waals surface area contributed by atoms with Gasteiger partial charge in [0.1, 0.15) is 29.4 Å². The number of aromatic nitrogens is 9. The monoisotopic (exact) mass is 696 g/mol. The number of nitrogens with one attached hydrogen (secondary N) is 2. The summed E-state index contributed by atoms with van der Waals surface area (Å²) >= 11 is 0. The van der Waals surface area contributed by atoms with Gasteiger partial charge >= 0.3 is 5.69 Å². The van der Waals surface area contributed by atoms with Gasteiger partial charge in [-0.1, -0.05) is 0 Å². The van der Waals surface area contributed by atoms with Gasteiger partial charge in [-0.15, -0.1) is 0 Å². The zero-order valence-corrected chi connectivity index (χ0v) is 28.4. The molecule has 5 aromatic heterocycles. The lowest BCUT2D eigenvalue weighted by molar-refractivity contribution is -0.133. The van der Waals surface area contributed by atoms with Crippen molar-refractivity contribution in [1.82, 2.24) is 48.5 Å². The van der Waals surface area contributed by atoms with E-state index in [1.54, 1.807) is 53.6 Å². The maximum Gasteiger partial charge on any atom is 0.332 e. The Morgan fingerprint density at radius 3 is 2.47 bits per heavy atom. The molecule has 2 atom stereocenters. The maximum absolute atomic E-state index is 13.2. The number of carbonyl (C=O) groups is 2. The largest absolute Gasteiger partial charge is 0.441 e.